The number of aromatic nitrogens is 1. The predicted molar refractivity (Wildman–Crippen MR) is 70.9 cm³/mol. The second kappa shape index (κ2) is 4.83. The van der Waals surface area contributed by atoms with Crippen LogP contribution in [0.3, 0.4) is 0 Å². The molecule has 0 aliphatic carbocycles. The highest BCUT2D eigenvalue weighted by molar-refractivity contribution is 7.92. The van der Waals surface area contributed by atoms with E-state index in [0.717, 1.165) is 0 Å². The Hall–Kier alpha value is -1.79. The third-order valence-electron chi connectivity index (χ3n) is 2.18. The molecular formula is C11H10ClN3O2S. The maximum absolute atomic E-state index is 12.1. The fourth-order valence-corrected chi connectivity index (χ4v) is 2.69. The van der Waals surface area contributed by atoms with Crippen molar-refractivity contribution in [3.8, 4) is 0 Å². The summed E-state index contributed by atoms with van der Waals surface area (Å²) in [6.45, 7) is 0. The van der Waals surface area contributed by atoms with Crippen LogP contribution in [-0.2, 0) is 10.0 Å². The summed E-state index contributed by atoms with van der Waals surface area (Å²) in [6, 6.07) is 7.82. The van der Waals surface area contributed by atoms with Crippen molar-refractivity contribution >= 4 is 33.0 Å². The molecule has 1 heterocycles. The van der Waals surface area contributed by atoms with Gasteiger partial charge in [-0.05, 0) is 24.3 Å². The zero-order valence-corrected chi connectivity index (χ0v) is 10.7. The van der Waals surface area contributed by atoms with Crippen molar-refractivity contribution in [1.29, 1.82) is 0 Å². The Bertz CT molecular complexity index is 673. The molecule has 0 saturated heterocycles. The van der Waals surface area contributed by atoms with E-state index in [9.17, 15) is 8.42 Å². The van der Waals surface area contributed by atoms with Crippen LogP contribution in [0, 0.1) is 0 Å². The molecule has 0 bridgehead atoms. The van der Waals surface area contributed by atoms with Crippen molar-refractivity contribution in [2.75, 3.05) is 10.5 Å². The van der Waals surface area contributed by atoms with E-state index in [0.29, 0.717) is 10.7 Å². The molecule has 0 radical (unpaired) electrons. The SMILES string of the molecule is Nc1ccncc1S(=O)(=O)Nc1cccc(Cl)c1. The first-order valence-electron chi connectivity index (χ1n) is 4.97. The Kier molecular flexibility index (Phi) is 3.40. The number of nitrogens with two attached hydrogens (primary N) is 1. The van der Waals surface area contributed by atoms with E-state index in [1.54, 1.807) is 18.2 Å². The van der Waals surface area contributed by atoms with E-state index in [1.165, 1.54) is 24.5 Å². The van der Waals surface area contributed by atoms with Gasteiger partial charge in [0.1, 0.15) is 4.90 Å². The monoisotopic (exact) mass is 283 g/mol. The van der Waals surface area contributed by atoms with Crippen molar-refractivity contribution in [2.24, 2.45) is 0 Å². The number of pyridine rings is 1. The first-order valence-corrected chi connectivity index (χ1v) is 6.83. The minimum atomic E-state index is -3.76. The molecule has 2 aromatic rings. The van der Waals surface area contributed by atoms with Crippen molar-refractivity contribution in [3.63, 3.8) is 0 Å². The topological polar surface area (TPSA) is 85.1 Å². The average Bonchev–Trinajstić information content (AvgIpc) is 2.28. The number of nitrogen functional groups attached to an aromatic ring is 1. The molecule has 1 aromatic heterocycles. The third kappa shape index (κ3) is 2.72. The van der Waals surface area contributed by atoms with Crippen molar-refractivity contribution in [3.05, 3.63) is 47.7 Å². The van der Waals surface area contributed by atoms with Gasteiger partial charge < -0.3 is 5.73 Å². The number of anilines is 2. The summed E-state index contributed by atoms with van der Waals surface area (Å²) in [5.41, 5.74) is 6.11. The zero-order valence-electron chi connectivity index (χ0n) is 9.17. The number of nitrogens with one attached hydrogen (secondary N) is 1. The van der Waals surface area contributed by atoms with Gasteiger partial charge in [0.15, 0.2) is 0 Å². The maximum Gasteiger partial charge on any atom is 0.265 e. The lowest BCUT2D eigenvalue weighted by Gasteiger charge is -2.09. The molecule has 7 heteroatoms. The third-order valence-corrected chi connectivity index (χ3v) is 3.84. The lowest BCUT2D eigenvalue weighted by molar-refractivity contribution is 0.601. The number of benzene rings is 1. The van der Waals surface area contributed by atoms with Crippen LogP contribution in [-0.4, -0.2) is 13.4 Å². The Balaban J connectivity index is 2.37. The summed E-state index contributed by atoms with van der Waals surface area (Å²) < 4.78 is 26.5. The van der Waals surface area contributed by atoms with E-state index < -0.39 is 10.0 Å². The highest BCUT2D eigenvalue weighted by Crippen LogP contribution is 2.21. The van der Waals surface area contributed by atoms with Crippen molar-refractivity contribution in [1.82, 2.24) is 4.98 Å². The highest BCUT2D eigenvalue weighted by atomic mass is 35.5. The fraction of sp³-hybridized carbons (Fsp3) is 0. The molecule has 0 fully saturated rings. The zero-order chi connectivity index (χ0) is 13.2. The number of halogens is 1. The highest BCUT2D eigenvalue weighted by Gasteiger charge is 2.17. The fourth-order valence-electron chi connectivity index (χ4n) is 1.38. The Labute approximate surface area is 110 Å². The number of sulfonamides is 1. The standard InChI is InChI=1S/C11H10ClN3O2S/c12-8-2-1-3-9(6-8)15-18(16,17)11-7-14-5-4-10(11)13/h1-7,15H,(H2,13,14). The van der Waals surface area contributed by atoms with E-state index in [1.807, 2.05) is 0 Å². The Morgan fingerprint density at radius 1 is 1.28 bits per heavy atom. The molecule has 3 N–H and O–H groups in total. The summed E-state index contributed by atoms with van der Waals surface area (Å²) in [7, 11) is -3.76. The van der Waals surface area contributed by atoms with Gasteiger partial charge in [-0.25, -0.2) is 8.42 Å². The Morgan fingerprint density at radius 3 is 2.72 bits per heavy atom. The second-order valence-corrected chi connectivity index (χ2v) is 5.62. The molecule has 0 spiro atoms. The minimum Gasteiger partial charge on any atom is -0.398 e. The minimum absolute atomic E-state index is 0.0648. The van der Waals surface area contributed by atoms with Gasteiger partial charge in [0.2, 0.25) is 0 Å². The van der Waals surface area contributed by atoms with Gasteiger partial charge in [-0.15, -0.1) is 0 Å². The molecule has 94 valence electrons. The van der Waals surface area contributed by atoms with Gasteiger partial charge in [0, 0.05) is 17.4 Å². The molecule has 0 aliphatic heterocycles. The summed E-state index contributed by atoms with van der Waals surface area (Å²) >= 11 is 5.78. The molecule has 2 rings (SSSR count). The van der Waals surface area contributed by atoms with E-state index in [2.05, 4.69) is 9.71 Å². The van der Waals surface area contributed by atoms with Crippen LogP contribution in [0.2, 0.25) is 5.02 Å². The van der Waals surface area contributed by atoms with Gasteiger partial charge in [-0.2, -0.15) is 0 Å². The number of hydrogen-bond donors (Lipinski definition) is 2. The van der Waals surface area contributed by atoms with Crippen LogP contribution in [0.25, 0.3) is 0 Å². The van der Waals surface area contributed by atoms with E-state index >= 15 is 0 Å². The van der Waals surface area contributed by atoms with Crippen LogP contribution >= 0.6 is 11.6 Å². The molecule has 0 aliphatic rings. The van der Waals surface area contributed by atoms with Gasteiger partial charge in [-0.3, -0.25) is 9.71 Å². The molecule has 5 nitrogen and oxygen atoms in total. The van der Waals surface area contributed by atoms with E-state index in [-0.39, 0.29) is 10.6 Å². The van der Waals surface area contributed by atoms with Crippen LogP contribution in [0.1, 0.15) is 0 Å². The summed E-state index contributed by atoms with van der Waals surface area (Å²) in [4.78, 5) is 3.68. The average molecular weight is 284 g/mol. The van der Waals surface area contributed by atoms with Crippen LogP contribution in [0.15, 0.2) is 47.6 Å². The van der Waals surface area contributed by atoms with Crippen LogP contribution in [0.4, 0.5) is 11.4 Å². The lowest BCUT2D eigenvalue weighted by atomic mass is 10.3. The molecule has 1 aromatic carbocycles. The summed E-state index contributed by atoms with van der Waals surface area (Å²) in [5.74, 6) is 0. The summed E-state index contributed by atoms with van der Waals surface area (Å²) in [5, 5.41) is 0.439. The molecule has 0 unspecified atom stereocenters. The van der Waals surface area contributed by atoms with Gasteiger partial charge in [0.05, 0.1) is 11.4 Å². The van der Waals surface area contributed by atoms with Crippen molar-refractivity contribution in [2.45, 2.75) is 4.90 Å². The smallest absolute Gasteiger partial charge is 0.265 e. The second-order valence-electron chi connectivity index (χ2n) is 3.53. The first kappa shape index (κ1) is 12.7. The first-order chi connectivity index (χ1) is 8.49. The largest absolute Gasteiger partial charge is 0.398 e. The van der Waals surface area contributed by atoms with Crippen LogP contribution < -0.4 is 10.5 Å². The van der Waals surface area contributed by atoms with Gasteiger partial charge in [-0.1, -0.05) is 17.7 Å². The lowest BCUT2D eigenvalue weighted by Crippen LogP contribution is -2.15. The molecule has 18 heavy (non-hydrogen) atoms. The number of hydrogen-bond acceptors (Lipinski definition) is 4. The maximum atomic E-state index is 12.1. The normalized spacial score (nSPS) is 11.2. The molecule has 0 atom stereocenters. The van der Waals surface area contributed by atoms with Crippen LogP contribution in [0.5, 0.6) is 0 Å². The molecule has 0 saturated carbocycles. The summed E-state index contributed by atoms with van der Waals surface area (Å²) in [6.07, 6.45) is 2.62. The van der Waals surface area contributed by atoms with Crippen molar-refractivity contribution < 1.29 is 8.42 Å². The number of rotatable bonds is 3. The number of nitrogens with zero attached hydrogens (tertiary/aromatic N) is 1. The quantitative estimate of drug-likeness (QED) is 0.903. The van der Waals surface area contributed by atoms with Gasteiger partial charge in [0.25, 0.3) is 10.0 Å². The van der Waals surface area contributed by atoms with E-state index in [4.69, 9.17) is 17.3 Å². The predicted octanol–water partition coefficient (Wildman–Crippen LogP) is 2.12. The van der Waals surface area contributed by atoms with Gasteiger partial charge >= 0.3 is 0 Å². The Morgan fingerprint density at radius 2 is 2.06 bits per heavy atom. The molecule has 0 amide bonds. The molecular weight excluding hydrogens is 274 g/mol.